The zero-order valence-corrected chi connectivity index (χ0v) is 14.5. The Labute approximate surface area is 152 Å². The third kappa shape index (κ3) is 3.47. The van der Waals surface area contributed by atoms with E-state index in [9.17, 15) is 4.79 Å². The zero-order chi connectivity index (χ0) is 17.8. The van der Waals surface area contributed by atoms with Crippen LogP contribution in [0.3, 0.4) is 0 Å². The van der Waals surface area contributed by atoms with Gasteiger partial charge in [-0.25, -0.2) is 0 Å². The van der Waals surface area contributed by atoms with Gasteiger partial charge in [0.2, 0.25) is 0 Å². The van der Waals surface area contributed by atoms with Gasteiger partial charge in [0.1, 0.15) is 0 Å². The molecule has 3 aromatic rings. The summed E-state index contributed by atoms with van der Waals surface area (Å²) in [4.78, 5) is 14.8. The van der Waals surface area contributed by atoms with Crippen LogP contribution in [0.5, 0.6) is 0 Å². The highest BCUT2D eigenvalue weighted by Gasteiger charge is 2.25. The van der Waals surface area contributed by atoms with Crippen LogP contribution in [0.1, 0.15) is 23.3 Å². The number of benzene rings is 2. The normalized spacial score (nSPS) is 16.6. The molecule has 1 fully saturated rings. The van der Waals surface area contributed by atoms with Gasteiger partial charge in [-0.15, -0.1) is 0 Å². The number of carbonyl (C=O) groups excluding carboxylic acids is 1. The minimum atomic E-state index is -0.198. The molecule has 0 radical (unpaired) electrons. The largest absolute Gasteiger partial charge is 0.367 e. The first-order valence-corrected chi connectivity index (χ1v) is 8.93. The highest BCUT2D eigenvalue weighted by atomic mass is 16.5. The van der Waals surface area contributed by atoms with Crippen molar-refractivity contribution in [1.29, 1.82) is 0 Å². The maximum atomic E-state index is 12.4. The van der Waals surface area contributed by atoms with Crippen LogP contribution in [0, 0.1) is 0 Å². The Hall–Kier alpha value is -3.08. The second-order valence-corrected chi connectivity index (χ2v) is 6.48. The Kier molecular flexibility index (Phi) is 4.69. The Morgan fingerprint density at radius 3 is 2.62 bits per heavy atom. The molecule has 0 bridgehead atoms. The van der Waals surface area contributed by atoms with Crippen LogP contribution in [-0.4, -0.2) is 30.2 Å². The minimum Gasteiger partial charge on any atom is -0.367 e. The van der Waals surface area contributed by atoms with E-state index in [1.54, 1.807) is 6.07 Å². The van der Waals surface area contributed by atoms with E-state index in [2.05, 4.69) is 27.5 Å². The van der Waals surface area contributed by atoms with E-state index >= 15 is 0 Å². The summed E-state index contributed by atoms with van der Waals surface area (Å²) in [7, 11) is 0. The van der Waals surface area contributed by atoms with Crippen molar-refractivity contribution in [2.75, 3.05) is 18.0 Å². The van der Waals surface area contributed by atoms with Crippen molar-refractivity contribution in [1.82, 2.24) is 10.5 Å². The molecule has 2 aromatic carbocycles. The Balaban J connectivity index is 1.39. The molecule has 1 aromatic heterocycles. The number of amides is 1. The molecule has 1 N–H and O–H groups in total. The van der Waals surface area contributed by atoms with Gasteiger partial charge in [0.25, 0.3) is 5.91 Å². The summed E-state index contributed by atoms with van der Waals surface area (Å²) >= 11 is 0. The highest BCUT2D eigenvalue weighted by Crippen LogP contribution is 2.25. The van der Waals surface area contributed by atoms with Crippen molar-refractivity contribution < 1.29 is 9.32 Å². The molecule has 1 unspecified atom stereocenters. The van der Waals surface area contributed by atoms with Crippen molar-refractivity contribution in [2.24, 2.45) is 0 Å². The predicted octanol–water partition coefficient (Wildman–Crippen LogP) is 3.74. The number of anilines is 1. The predicted molar refractivity (Wildman–Crippen MR) is 101 cm³/mol. The molecule has 1 aliphatic heterocycles. The van der Waals surface area contributed by atoms with E-state index in [-0.39, 0.29) is 5.91 Å². The molecule has 0 aliphatic carbocycles. The molecular formula is C21H21N3O2. The topological polar surface area (TPSA) is 58.4 Å². The fourth-order valence-electron chi connectivity index (χ4n) is 3.43. The van der Waals surface area contributed by atoms with Gasteiger partial charge in [-0.05, 0) is 25.0 Å². The molecule has 5 heteroatoms. The molecule has 26 heavy (non-hydrogen) atoms. The summed E-state index contributed by atoms with van der Waals surface area (Å²) in [5.74, 6) is 0.401. The summed E-state index contributed by atoms with van der Waals surface area (Å²) in [5.41, 5.74) is 2.43. The monoisotopic (exact) mass is 347 g/mol. The third-order valence-corrected chi connectivity index (χ3v) is 4.76. The standard InChI is InChI=1S/C21H21N3O2/c25-21(19-14-20(26-23-19)16-8-3-1-4-9-16)22-15-18-12-7-13-24(18)17-10-5-2-6-11-17/h1-6,8-11,14,18H,7,12-13,15H2,(H,22,25). The molecule has 1 amide bonds. The SMILES string of the molecule is O=C(NCC1CCCN1c1ccccc1)c1cc(-c2ccccc2)on1. The lowest BCUT2D eigenvalue weighted by atomic mass is 10.1. The zero-order valence-electron chi connectivity index (χ0n) is 14.5. The fraction of sp³-hybridized carbons (Fsp3) is 0.238. The molecule has 1 saturated heterocycles. The van der Waals surface area contributed by atoms with Crippen molar-refractivity contribution in [3.8, 4) is 11.3 Å². The van der Waals surface area contributed by atoms with E-state index in [4.69, 9.17) is 4.52 Å². The minimum absolute atomic E-state index is 0.198. The summed E-state index contributed by atoms with van der Waals surface area (Å²) in [6.45, 7) is 1.62. The molecule has 0 saturated carbocycles. The summed E-state index contributed by atoms with van der Waals surface area (Å²) in [6, 6.07) is 22.0. The number of carbonyl (C=O) groups is 1. The Morgan fingerprint density at radius 2 is 1.85 bits per heavy atom. The van der Waals surface area contributed by atoms with Gasteiger partial charge in [-0.3, -0.25) is 4.79 Å². The maximum Gasteiger partial charge on any atom is 0.273 e. The van der Waals surface area contributed by atoms with E-state index in [0.29, 0.717) is 24.0 Å². The van der Waals surface area contributed by atoms with Crippen LogP contribution in [0.4, 0.5) is 5.69 Å². The number of nitrogens with one attached hydrogen (secondary N) is 1. The first-order chi connectivity index (χ1) is 12.8. The highest BCUT2D eigenvalue weighted by molar-refractivity contribution is 5.93. The van der Waals surface area contributed by atoms with Gasteiger partial charge in [-0.2, -0.15) is 0 Å². The number of hydrogen-bond donors (Lipinski definition) is 1. The van der Waals surface area contributed by atoms with E-state index in [0.717, 1.165) is 24.9 Å². The van der Waals surface area contributed by atoms with Crippen LogP contribution in [0.25, 0.3) is 11.3 Å². The molecule has 2 heterocycles. The van der Waals surface area contributed by atoms with Crippen LogP contribution in [0.2, 0.25) is 0 Å². The number of para-hydroxylation sites is 1. The summed E-state index contributed by atoms with van der Waals surface area (Å²) in [5, 5.41) is 6.92. The molecule has 5 nitrogen and oxygen atoms in total. The number of rotatable bonds is 5. The maximum absolute atomic E-state index is 12.4. The van der Waals surface area contributed by atoms with Crippen LogP contribution in [0.15, 0.2) is 71.3 Å². The van der Waals surface area contributed by atoms with Crippen molar-refractivity contribution >= 4 is 11.6 Å². The van der Waals surface area contributed by atoms with Gasteiger partial charge in [0, 0.05) is 36.4 Å². The molecule has 4 rings (SSSR count). The van der Waals surface area contributed by atoms with Gasteiger partial charge in [0.05, 0.1) is 0 Å². The average Bonchev–Trinajstić information content (AvgIpc) is 3.37. The molecule has 1 aliphatic rings. The van der Waals surface area contributed by atoms with Gasteiger partial charge in [0.15, 0.2) is 11.5 Å². The molecule has 132 valence electrons. The van der Waals surface area contributed by atoms with E-state index in [1.807, 2.05) is 48.5 Å². The molecule has 1 atom stereocenters. The summed E-state index contributed by atoms with van der Waals surface area (Å²) < 4.78 is 5.31. The van der Waals surface area contributed by atoms with Gasteiger partial charge in [-0.1, -0.05) is 53.7 Å². The Bertz CT molecular complexity index is 861. The van der Waals surface area contributed by atoms with Crippen LogP contribution in [-0.2, 0) is 0 Å². The van der Waals surface area contributed by atoms with Crippen molar-refractivity contribution in [2.45, 2.75) is 18.9 Å². The first-order valence-electron chi connectivity index (χ1n) is 8.93. The average molecular weight is 347 g/mol. The molecular weight excluding hydrogens is 326 g/mol. The lowest BCUT2D eigenvalue weighted by molar-refractivity contribution is 0.0942. The number of nitrogens with zero attached hydrogens (tertiary/aromatic N) is 2. The first kappa shape index (κ1) is 16.4. The van der Waals surface area contributed by atoms with E-state index in [1.165, 1.54) is 5.69 Å². The number of hydrogen-bond acceptors (Lipinski definition) is 4. The van der Waals surface area contributed by atoms with E-state index < -0.39 is 0 Å². The van der Waals surface area contributed by atoms with Crippen LogP contribution < -0.4 is 10.2 Å². The summed E-state index contributed by atoms with van der Waals surface area (Å²) in [6.07, 6.45) is 2.21. The van der Waals surface area contributed by atoms with Gasteiger partial charge < -0.3 is 14.7 Å². The smallest absolute Gasteiger partial charge is 0.273 e. The second kappa shape index (κ2) is 7.44. The lowest BCUT2D eigenvalue weighted by Gasteiger charge is -2.26. The van der Waals surface area contributed by atoms with Crippen molar-refractivity contribution in [3.05, 3.63) is 72.4 Å². The number of aromatic nitrogens is 1. The van der Waals surface area contributed by atoms with Crippen molar-refractivity contribution in [3.63, 3.8) is 0 Å². The second-order valence-electron chi connectivity index (χ2n) is 6.48. The fourth-order valence-corrected chi connectivity index (χ4v) is 3.43. The Morgan fingerprint density at radius 1 is 1.12 bits per heavy atom. The van der Waals surface area contributed by atoms with Crippen LogP contribution >= 0.6 is 0 Å². The third-order valence-electron chi connectivity index (χ3n) is 4.76. The van der Waals surface area contributed by atoms with Gasteiger partial charge >= 0.3 is 0 Å². The lowest BCUT2D eigenvalue weighted by Crippen LogP contribution is -2.40. The molecule has 0 spiro atoms. The quantitative estimate of drug-likeness (QED) is 0.764.